The van der Waals surface area contributed by atoms with Crippen LogP contribution in [0.4, 0.5) is 13.2 Å². The van der Waals surface area contributed by atoms with Gasteiger partial charge in [-0.05, 0) is 40.8 Å². The Kier molecular flexibility index (Phi) is 3.69. The molecule has 102 valence electrons. The number of benzene rings is 1. The molecule has 0 spiro atoms. The topological polar surface area (TPSA) is 49.4 Å². The first-order valence-electron chi connectivity index (χ1n) is 4.85. The lowest BCUT2D eigenvalue weighted by Crippen LogP contribution is -2.44. The van der Waals surface area contributed by atoms with Crippen molar-refractivity contribution < 1.29 is 27.8 Å². The van der Waals surface area contributed by atoms with E-state index in [1.807, 2.05) is 0 Å². The number of hydrogen-bond acceptors (Lipinski definition) is 3. The molecule has 2 rings (SSSR count). The summed E-state index contributed by atoms with van der Waals surface area (Å²) >= 11 is 7.52. The van der Waals surface area contributed by atoms with E-state index in [0.29, 0.717) is 3.57 Å². The van der Waals surface area contributed by atoms with Gasteiger partial charge in [-0.15, -0.1) is 0 Å². The van der Waals surface area contributed by atoms with Crippen molar-refractivity contribution in [2.24, 2.45) is 0 Å². The molecular formula is C11H4ClF3IO3-. The molecule has 0 radical (unpaired) electrons. The molecule has 3 nitrogen and oxygen atoms in total. The molecule has 0 aromatic heterocycles. The fraction of sp³-hybridized carbons (Fsp3) is 0.182. The van der Waals surface area contributed by atoms with E-state index in [-0.39, 0.29) is 16.3 Å². The predicted molar refractivity (Wildman–Crippen MR) is 67.6 cm³/mol. The maximum absolute atomic E-state index is 12.8. The van der Waals surface area contributed by atoms with Crippen molar-refractivity contribution in [3.8, 4) is 5.75 Å². The van der Waals surface area contributed by atoms with Crippen LogP contribution in [0.1, 0.15) is 5.56 Å². The van der Waals surface area contributed by atoms with E-state index in [4.69, 9.17) is 16.3 Å². The maximum Gasteiger partial charge on any atom is 0.429 e. The summed E-state index contributed by atoms with van der Waals surface area (Å²) in [6.07, 6.45) is -6.51. The average molecular weight is 404 g/mol. The van der Waals surface area contributed by atoms with Crippen molar-refractivity contribution >= 4 is 46.2 Å². The smallest absolute Gasteiger partial charge is 0.429 e. The van der Waals surface area contributed by atoms with Crippen LogP contribution < -0.4 is 9.84 Å². The Morgan fingerprint density at radius 2 is 2.05 bits per heavy atom. The van der Waals surface area contributed by atoms with E-state index < -0.39 is 23.8 Å². The van der Waals surface area contributed by atoms with Crippen LogP contribution >= 0.6 is 34.2 Å². The van der Waals surface area contributed by atoms with Crippen molar-refractivity contribution in [1.29, 1.82) is 0 Å². The molecule has 0 saturated heterocycles. The number of fused-ring (bicyclic) bond motifs is 1. The number of alkyl halides is 3. The Morgan fingerprint density at radius 1 is 1.42 bits per heavy atom. The molecule has 19 heavy (non-hydrogen) atoms. The van der Waals surface area contributed by atoms with Gasteiger partial charge in [0.05, 0.1) is 9.54 Å². The van der Waals surface area contributed by atoms with Crippen molar-refractivity contribution in [2.75, 3.05) is 0 Å². The predicted octanol–water partition coefficient (Wildman–Crippen LogP) is 2.40. The highest BCUT2D eigenvalue weighted by atomic mass is 127. The van der Waals surface area contributed by atoms with E-state index in [2.05, 4.69) is 0 Å². The Morgan fingerprint density at radius 3 is 2.58 bits per heavy atom. The van der Waals surface area contributed by atoms with Gasteiger partial charge in [0.1, 0.15) is 5.75 Å². The van der Waals surface area contributed by atoms with Gasteiger partial charge < -0.3 is 14.6 Å². The number of aliphatic carboxylic acids is 1. The third-order valence-electron chi connectivity index (χ3n) is 2.40. The lowest BCUT2D eigenvalue weighted by atomic mass is 10.0. The number of hydrogen-bond donors (Lipinski definition) is 0. The minimum atomic E-state index is -4.84. The highest BCUT2D eigenvalue weighted by Gasteiger charge is 2.46. The van der Waals surface area contributed by atoms with Gasteiger partial charge in [0, 0.05) is 16.2 Å². The number of carbonyl (C=O) groups excluding carboxylic acids is 1. The molecule has 1 aromatic carbocycles. The zero-order valence-electron chi connectivity index (χ0n) is 8.92. The van der Waals surface area contributed by atoms with Gasteiger partial charge in [-0.3, -0.25) is 0 Å². The summed E-state index contributed by atoms with van der Waals surface area (Å²) in [5.41, 5.74) is -0.797. The van der Waals surface area contributed by atoms with E-state index >= 15 is 0 Å². The molecule has 1 aliphatic rings. The Labute approximate surface area is 124 Å². The Balaban J connectivity index is 2.61. The minimum Gasteiger partial charge on any atom is -0.545 e. The standard InChI is InChI=1S/C11H5ClF3IO3/c12-5-1-4-2-6(10(17)18)9(11(13,14)15)19-8(4)7(16)3-5/h1-3,9H,(H,17,18)/p-1. The van der Waals surface area contributed by atoms with Gasteiger partial charge in [0.25, 0.3) is 0 Å². The monoisotopic (exact) mass is 403 g/mol. The Bertz CT molecular complexity index is 583. The molecule has 1 unspecified atom stereocenters. The molecule has 0 amide bonds. The second-order valence-corrected chi connectivity index (χ2v) is 5.33. The second kappa shape index (κ2) is 4.86. The lowest BCUT2D eigenvalue weighted by molar-refractivity contribution is -0.302. The van der Waals surface area contributed by atoms with Crippen LogP contribution in [0.3, 0.4) is 0 Å². The van der Waals surface area contributed by atoms with Crippen molar-refractivity contribution in [3.05, 3.63) is 31.9 Å². The summed E-state index contributed by atoms with van der Waals surface area (Å²) in [6, 6.07) is 2.75. The van der Waals surface area contributed by atoms with Crippen LogP contribution in [-0.2, 0) is 4.79 Å². The van der Waals surface area contributed by atoms with Crippen LogP contribution in [-0.4, -0.2) is 18.2 Å². The van der Waals surface area contributed by atoms with E-state index in [9.17, 15) is 23.1 Å². The van der Waals surface area contributed by atoms with Crippen molar-refractivity contribution in [3.63, 3.8) is 0 Å². The van der Waals surface area contributed by atoms with Gasteiger partial charge >= 0.3 is 6.18 Å². The fourth-order valence-corrected chi connectivity index (χ4v) is 2.83. The summed E-state index contributed by atoms with van der Waals surface area (Å²) in [5, 5.41) is 11.1. The fourth-order valence-electron chi connectivity index (χ4n) is 1.65. The van der Waals surface area contributed by atoms with Crippen molar-refractivity contribution in [2.45, 2.75) is 12.3 Å². The van der Waals surface area contributed by atoms with Gasteiger partial charge in [0.15, 0.2) is 0 Å². The molecule has 8 heteroatoms. The maximum atomic E-state index is 12.8. The van der Waals surface area contributed by atoms with E-state index in [1.165, 1.54) is 12.1 Å². The van der Waals surface area contributed by atoms with Gasteiger partial charge in [-0.1, -0.05) is 11.6 Å². The molecule has 1 aromatic rings. The number of carbonyl (C=O) groups is 1. The van der Waals surface area contributed by atoms with Crippen LogP contribution in [0.25, 0.3) is 6.08 Å². The number of ether oxygens (including phenoxy) is 1. The summed E-state index contributed by atoms with van der Waals surface area (Å²) < 4.78 is 43.5. The summed E-state index contributed by atoms with van der Waals surface area (Å²) in [4.78, 5) is 10.8. The van der Waals surface area contributed by atoms with Gasteiger partial charge in [0.2, 0.25) is 6.10 Å². The second-order valence-electron chi connectivity index (χ2n) is 3.73. The summed E-state index contributed by atoms with van der Waals surface area (Å²) in [7, 11) is 0. The summed E-state index contributed by atoms with van der Waals surface area (Å²) in [6.45, 7) is 0. The third-order valence-corrected chi connectivity index (χ3v) is 3.42. The first-order chi connectivity index (χ1) is 8.70. The zero-order chi connectivity index (χ0) is 14.4. The molecule has 1 aliphatic heterocycles. The van der Waals surface area contributed by atoms with Crippen LogP contribution in [0.5, 0.6) is 5.75 Å². The number of carboxylic acids is 1. The molecule has 0 bridgehead atoms. The Hall–Kier alpha value is -0.960. The van der Waals surface area contributed by atoms with Crippen LogP contribution in [0.15, 0.2) is 17.7 Å². The highest BCUT2D eigenvalue weighted by Crippen LogP contribution is 2.40. The molecule has 0 aliphatic carbocycles. The number of carboxylic acid groups (broad SMARTS) is 1. The van der Waals surface area contributed by atoms with Crippen LogP contribution in [0.2, 0.25) is 5.02 Å². The molecule has 0 N–H and O–H groups in total. The van der Waals surface area contributed by atoms with E-state index in [1.54, 1.807) is 22.6 Å². The largest absolute Gasteiger partial charge is 0.545 e. The molecule has 1 heterocycles. The minimum absolute atomic E-state index is 0.0441. The molecule has 1 atom stereocenters. The van der Waals surface area contributed by atoms with Gasteiger partial charge in [-0.25, -0.2) is 0 Å². The lowest BCUT2D eigenvalue weighted by Gasteiger charge is -2.30. The quantitative estimate of drug-likeness (QED) is 0.677. The van der Waals surface area contributed by atoms with Crippen molar-refractivity contribution in [1.82, 2.24) is 0 Å². The first kappa shape index (κ1) is 14.4. The molecule has 0 saturated carbocycles. The number of halogens is 5. The molecular weight excluding hydrogens is 399 g/mol. The average Bonchev–Trinajstić information content (AvgIpc) is 2.25. The van der Waals surface area contributed by atoms with Gasteiger partial charge in [-0.2, -0.15) is 13.2 Å². The molecule has 0 fully saturated rings. The third kappa shape index (κ3) is 2.81. The summed E-state index contributed by atoms with van der Waals surface area (Å²) in [5.74, 6) is -1.97. The van der Waals surface area contributed by atoms with Crippen LogP contribution in [0, 0.1) is 3.57 Å². The highest BCUT2D eigenvalue weighted by molar-refractivity contribution is 14.1. The first-order valence-corrected chi connectivity index (χ1v) is 6.31. The SMILES string of the molecule is O=C([O-])C1=Cc2cc(Cl)cc(I)c2OC1C(F)(F)F. The number of rotatable bonds is 1. The normalized spacial score (nSPS) is 18.4. The van der Waals surface area contributed by atoms with E-state index in [0.717, 1.165) is 6.08 Å². The zero-order valence-corrected chi connectivity index (χ0v) is 11.8.